The summed E-state index contributed by atoms with van der Waals surface area (Å²) in [5, 5.41) is 8.54. The summed E-state index contributed by atoms with van der Waals surface area (Å²) < 4.78 is 31.7. The average molecular weight is 483 g/mol. The van der Waals surface area contributed by atoms with Crippen molar-refractivity contribution in [1.82, 2.24) is 0 Å². The lowest BCUT2D eigenvalue weighted by molar-refractivity contribution is -0.145. The Balaban J connectivity index is 3.12. The van der Waals surface area contributed by atoms with E-state index in [9.17, 15) is 4.79 Å². The first kappa shape index (κ1) is 31.6. The molecule has 0 radical (unpaired) electrons. The lowest BCUT2D eigenvalue weighted by Crippen LogP contribution is -2.15. The van der Waals surface area contributed by atoms with Gasteiger partial charge >= 0.3 is 5.97 Å². The van der Waals surface area contributed by atoms with Gasteiger partial charge in [-0.2, -0.15) is 12.6 Å². The largest absolute Gasteiger partial charge is 0.463 e. The highest BCUT2D eigenvalue weighted by Crippen LogP contribution is 2.10. The third-order valence-electron chi connectivity index (χ3n) is 4.50. The van der Waals surface area contributed by atoms with Gasteiger partial charge in [0, 0.05) is 6.42 Å². The van der Waals surface area contributed by atoms with Crippen LogP contribution in [0, 0.1) is 0 Å². The van der Waals surface area contributed by atoms with E-state index in [2.05, 4.69) is 12.6 Å². The van der Waals surface area contributed by atoms with Crippen LogP contribution in [0.4, 0.5) is 0 Å². The van der Waals surface area contributed by atoms with Crippen LogP contribution in [-0.4, -0.2) is 96.1 Å². The van der Waals surface area contributed by atoms with Gasteiger partial charge in [-0.15, -0.1) is 0 Å². The van der Waals surface area contributed by atoms with Crippen molar-refractivity contribution in [2.45, 2.75) is 57.8 Å². The SMILES string of the molecule is O=C(CCCCCCCCCCS)OCCOCCOCCOCCOCCOCCO. The van der Waals surface area contributed by atoms with E-state index < -0.39 is 0 Å². The number of aliphatic hydroxyl groups excluding tert-OH is 1. The molecule has 192 valence electrons. The van der Waals surface area contributed by atoms with Crippen molar-refractivity contribution in [3.63, 3.8) is 0 Å². The molecule has 0 atom stereocenters. The Labute approximate surface area is 200 Å². The smallest absolute Gasteiger partial charge is 0.305 e. The molecule has 0 unspecified atom stereocenters. The molecule has 0 aliphatic carbocycles. The van der Waals surface area contributed by atoms with Crippen LogP contribution in [0.25, 0.3) is 0 Å². The van der Waals surface area contributed by atoms with Crippen molar-refractivity contribution in [2.75, 3.05) is 85.0 Å². The molecule has 0 aromatic carbocycles. The molecule has 0 aromatic heterocycles. The second kappa shape index (κ2) is 28.6. The van der Waals surface area contributed by atoms with Crippen LogP contribution in [-0.2, 0) is 33.2 Å². The number of ether oxygens (including phenoxy) is 6. The normalized spacial score (nSPS) is 11.2. The van der Waals surface area contributed by atoms with E-state index in [1.807, 2.05) is 0 Å². The molecule has 0 bridgehead atoms. The van der Waals surface area contributed by atoms with Gasteiger partial charge in [0.1, 0.15) is 6.61 Å². The number of esters is 1. The standard InChI is InChI=1S/C23H46O8S/c24-10-11-26-12-13-27-14-15-28-16-17-29-18-19-30-20-21-31-23(25)9-7-5-3-1-2-4-6-8-22-32/h24,32H,1-22H2. The number of aliphatic hydroxyl groups is 1. The fourth-order valence-corrected chi connectivity index (χ4v) is 3.00. The zero-order chi connectivity index (χ0) is 23.4. The molecule has 8 nitrogen and oxygen atoms in total. The maximum atomic E-state index is 11.7. The first-order valence-corrected chi connectivity index (χ1v) is 12.7. The lowest BCUT2D eigenvalue weighted by atomic mass is 10.1. The minimum absolute atomic E-state index is 0.0275. The Morgan fingerprint density at radius 1 is 0.531 bits per heavy atom. The van der Waals surface area contributed by atoms with E-state index >= 15 is 0 Å². The molecule has 0 aliphatic rings. The van der Waals surface area contributed by atoms with Crippen molar-refractivity contribution in [3.8, 4) is 0 Å². The van der Waals surface area contributed by atoms with Crippen LogP contribution in [0.1, 0.15) is 57.8 Å². The van der Waals surface area contributed by atoms with Gasteiger partial charge in [0.15, 0.2) is 0 Å². The van der Waals surface area contributed by atoms with Gasteiger partial charge in [-0.1, -0.05) is 38.5 Å². The minimum atomic E-state index is -0.141. The van der Waals surface area contributed by atoms with Gasteiger partial charge in [0.25, 0.3) is 0 Å². The molecule has 0 heterocycles. The van der Waals surface area contributed by atoms with Gasteiger partial charge in [-0.05, 0) is 18.6 Å². The summed E-state index contributed by atoms with van der Waals surface area (Å²) >= 11 is 4.22. The third kappa shape index (κ3) is 27.6. The Bertz CT molecular complexity index is 374. The van der Waals surface area contributed by atoms with Gasteiger partial charge in [0.2, 0.25) is 0 Å². The molecule has 0 saturated heterocycles. The molecule has 9 heteroatoms. The Morgan fingerprint density at radius 2 is 0.906 bits per heavy atom. The quantitative estimate of drug-likeness (QED) is 0.105. The topological polar surface area (TPSA) is 92.7 Å². The molecule has 0 amide bonds. The maximum absolute atomic E-state index is 11.7. The Kier molecular flexibility index (Phi) is 28.2. The molecule has 0 aromatic rings. The van der Waals surface area contributed by atoms with Crippen molar-refractivity contribution in [3.05, 3.63) is 0 Å². The predicted molar refractivity (Wildman–Crippen MR) is 128 cm³/mol. The number of carbonyl (C=O) groups is 1. The van der Waals surface area contributed by atoms with E-state index in [0.29, 0.717) is 72.5 Å². The van der Waals surface area contributed by atoms with Crippen molar-refractivity contribution in [2.24, 2.45) is 0 Å². The van der Waals surface area contributed by atoms with Crippen LogP contribution < -0.4 is 0 Å². The molecule has 0 fully saturated rings. The fourth-order valence-electron chi connectivity index (χ4n) is 2.77. The first-order chi connectivity index (χ1) is 15.8. The molecule has 32 heavy (non-hydrogen) atoms. The first-order valence-electron chi connectivity index (χ1n) is 12.1. The summed E-state index contributed by atoms with van der Waals surface area (Å²) in [5.41, 5.74) is 0. The molecular formula is C23H46O8S. The second-order valence-electron chi connectivity index (χ2n) is 7.31. The maximum Gasteiger partial charge on any atom is 0.305 e. The van der Waals surface area contributed by atoms with Crippen LogP contribution in [0.5, 0.6) is 0 Å². The number of hydrogen-bond donors (Lipinski definition) is 2. The summed E-state index contributed by atoms with van der Waals surface area (Å²) in [6, 6.07) is 0. The van der Waals surface area contributed by atoms with Crippen LogP contribution >= 0.6 is 12.6 Å². The highest BCUT2D eigenvalue weighted by molar-refractivity contribution is 7.80. The van der Waals surface area contributed by atoms with Gasteiger partial charge in [-0.3, -0.25) is 4.79 Å². The predicted octanol–water partition coefficient (Wildman–Crippen LogP) is 3.05. The summed E-state index contributed by atoms with van der Waals surface area (Å²) in [6.45, 7) is 4.94. The van der Waals surface area contributed by atoms with E-state index in [0.717, 1.165) is 18.6 Å². The fraction of sp³-hybridized carbons (Fsp3) is 0.957. The summed E-state index contributed by atoms with van der Waals surface area (Å²) in [5.74, 6) is 0.844. The van der Waals surface area contributed by atoms with Crippen LogP contribution in [0.15, 0.2) is 0 Å². The Morgan fingerprint density at radius 3 is 1.34 bits per heavy atom. The van der Waals surface area contributed by atoms with Gasteiger partial charge in [-0.25, -0.2) is 0 Å². The number of rotatable bonds is 27. The number of thiol groups is 1. The molecule has 0 saturated carbocycles. The minimum Gasteiger partial charge on any atom is -0.463 e. The van der Waals surface area contributed by atoms with Crippen LogP contribution in [0.2, 0.25) is 0 Å². The Hall–Kier alpha value is -0.420. The molecular weight excluding hydrogens is 436 g/mol. The molecule has 0 aliphatic heterocycles. The van der Waals surface area contributed by atoms with Gasteiger partial charge in [0.05, 0.1) is 72.7 Å². The third-order valence-corrected chi connectivity index (χ3v) is 4.82. The summed E-state index contributed by atoms with van der Waals surface area (Å²) in [6.07, 6.45) is 9.99. The zero-order valence-corrected chi connectivity index (χ0v) is 20.7. The van der Waals surface area contributed by atoms with E-state index in [1.54, 1.807) is 0 Å². The lowest BCUT2D eigenvalue weighted by Gasteiger charge is -2.08. The van der Waals surface area contributed by atoms with E-state index in [-0.39, 0.29) is 19.2 Å². The highest BCUT2D eigenvalue weighted by atomic mass is 32.1. The van der Waals surface area contributed by atoms with E-state index in [1.165, 1.54) is 38.5 Å². The monoisotopic (exact) mass is 482 g/mol. The average Bonchev–Trinajstić information content (AvgIpc) is 2.80. The van der Waals surface area contributed by atoms with E-state index in [4.69, 9.17) is 33.5 Å². The number of carbonyl (C=O) groups excluding carboxylic acids is 1. The molecule has 0 rings (SSSR count). The number of hydrogen-bond acceptors (Lipinski definition) is 9. The summed E-state index contributed by atoms with van der Waals surface area (Å²) in [7, 11) is 0. The zero-order valence-electron chi connectivity index (χ0n) is 19.8. The second-order valence-corrected chi connectivity index (χ2v) is 7.76. The highest BCUT2D eigenvalue weighted by Gasteiger charge is 2.02. The van der Waals surface area contributed by atoms with Crippen molar-refractivity contribution in [1.29, 1.82) is 0 Å². The van der Waals surface area contributed by atoms with Crippen molar-refractivity contribution < 1.29 is 38.3 Å². The molecule has 0 spiro atoms. The summed E-state index contributed by atoms with van der Waals surface area (Å²) in [4.78, 5) is 11.7. The molecule has 1 N–H and O–H groups in total. The van der Waals surface area contributed by atoms with Gasteiger partial charge < -0.3 is 33.5 Å². The number of unbranched alkanes of at least 4 members (excludes halogenated alkanes) is 7. The van der Waals surface area contributed by atoms with Crippen molar-refractivity contribution >= 4 is 18.6 Å². The van der Waals surface area contributed by atoms with Crippen LogP contribution in [0.3, 0.4) is 0 Å².